The lowest BCUT2D eigenvalue weighted by molar-refractivity contribution is -0.149. The van der Waals surface area contributed by atoms with Crippen molar-refractivity contribution in [1.82, 2.24) is 5.32 Å². The van der Waals surface area contributed by atoms with Crippen LogP contribution in [0.15, 0.2) is 0 Å². The van der Waals surface area contributed by atoms with Gasteiger partial charge in [-0.15, -0.1) is 0 Å². The molecule has 0 saturated carbocycles. The smallest absolute Gasteiger partial charge is 0.320 e. The monoisotopic (exact) mass is 161 g/mol. The highest BCUT2D eigenvalue weighted by molar-refractivity contribution is 5.71. The Balaban J connectivity index is 3.40. The number of carbonyl (C=O) groups is 1. The van der Waals surface area contributed by atoms with Gasteiger partial charge < -0.3 is 14.8 Å². The Morgan fingerprint density at radius 3 is 2.73 bits per heavy atom. The SMILES string of the molecule is CNCC(=O)OC(C)COC. The van der Waals surface area contributed by atoms with Crippen molar-refractivity contribution in [2.24, 2.45) is 0 Å². The Morgan fingerprint density at radius 1 is 1.64 bits per heavy atom. The number of hydrogen-bond acceptors (Lipinski definition) is 4. The van der Waals surface area contributed by atoms with Gasteiger partial charge in [-0.05, 0) is 14.0 Å². The molecule has 0 heterocycles. The third-order valence-electron chi connectivity index (χ3n) is 1.06. The molecule has 0 aliphatic heterocycles. The zero-order chi connectivity index (χ0) is 8.69. The van der Waals surface area contributed by atoms with Gasteiger partial charge in [0.15, 0.2) is 0 Å². The Hall–Kier alpha value is -0.610. The molecule has 0 bridgehead atoms. The molecule has 0 aromatic heterocycles. The third kappa shape index (κ3) is 5.82. The predicted molar refractivity (Wildman–Crippen MR) is 41.4 cm³/mol. The second-order valence-corrected chi connectivity index (χ2v) is 2.29. The molecule has 0 radical (unpaired) electrons. The van der Waals surface area contributed by atoms with Crippen molar-refractivity contribution in [2.45, 2.75) is 13.0 Å². The van der Waals surface area contributed by atoms with Crippen LogP contribution in [0, 0.1) is 0 Å². The molecular weight excluding hydrogens is 146 g/mol. The van der Waals surface area contributed by atoms with Crippen LogP contribution in [0.25, 0.3) is 0 Å². The van der Waals surface area contributed by atoms with Crippen LogP contribution in [-0.2, 0) is 14.3 Å². The number of esters is 1. The quantitative estimate of drug-likeness (QED) is 0.566. The molecule has 66 valence electrons. The van der Waals surface area contributed by atoms with Crippen molar-refractivity contribution >= 4 is 5.97 Å². The lowest BCUT2D eigenvalue weighted by atomic mass is 10.4. The second kappa shape index (κ2) is 6.12. The van der Waals surface area contributed by atoms with Crippen molar-refractivity contribution in [3.63, 3.8) is 0 Å². The maximum Gasteiger partial charge on any atom is 0.320 e. The van der Waals surface area contributed by atoms with Gasteiger partial charge in [0.1, 0.15) is 6.10 Å². The Labute approximate surface area is 66.9 Å². The van der Waals surface area contributed by atoms with Crippen molar-refractivity contribution in [3.05, 3.63) is 0 Å². The lowest BCUT2D eigenvalue weighted by Gasteiger charge is -2.11. The van der Waals surface area contributed by atoms with Gasteiger partial charge in [0.2, 0.25) is 0 Å². The normalized spacial score (nSPS) is 12.6. The zero-order valence-corrected chi connectivity index (χ0v) is 7.22. The van der Waals surface area contributed by atoms with E-state index in [0.29, 0.717) is 6.61 Å². The first kappa shape index (κ1) is 10.4. The highest BCUT2D eigenvalue weighted by atomic mass is 16.6. The van der Waals surface area contributed by atoms with E-state index in [2.05, 4.69) is 5.32 Å². The van der Waals surface area contributed by atoms with Crippen molar-refractivity contribution in [2.75, 3.05) is 27.3 Å². The van der Waals surface area contributed by atoms with Gasteiger partial charge in [0.05, 0.1) is 13.2 Å². The standard InChI is InChI=1S/C7H15NO3/c1-6(5-10-3)11-7(9)4-8-2/h6,8H,4-5H2,1-3H3. The van der Waals surface area contributed by atoms with Crippen LogP contribution in [0.4, 0.5) is 0 Å². The van der Waals surface area contributed by atoms with Crippen molar-refractivity contribution < 1.29 is 14.3 Å². The molecular formula is C7H15NO3. The van der Waals surface area contributed by atoms with E-state index in [0.717, 1.165) is 0 Å². The minimum absolute atomic E-state index is 0.166. The fourth-order valence-corrected chi connectivity index (χ4v) is 0.679. The number of nitrogens with one attached hydrogen (secondary N) is 1. The van der Waals surface area contributed by atoms with Crippen LogP contribution in [0.1, 0.15) is 6.92 Å². The van der Waals surface area contributed by atoms with E-state index in [1.165, 1.54) is 0 Å². The van der Waals surface area contributed by atoms with Crippen LogP contribution in [-0.4, -0.2) is 39.4 Å². The molecule has 0 rings (SSSR count). The summed E-state index contributed by atoms with van der Waals surface area (Å²) in [5, 5.41) is 2.70. The van der Waals surface area contributed by atoms with Gasteiger partial charge in [-0.1, -0.05) is 0 Å². The van der Waals surface area contributed by atoms with Gasteiger partial charge in [0, 0.05) is 7.11 Å². The van der Waals surface area contributed by atoms with E-state index in [1.54, 1.807) is 21.1 Å². The molecule has 1 N–H and O–H groups in total. The molecule has 0 aromatic carbocycles. The van der Waals surface area contributed by atoms with E-state index in [9.17, 15) is 4.79 Å². The molecule has 0 amide bonds. The first-order chi connectivity index (χ1) is 5.20. The number of ether oxygens (including phenoxy) is 2. The summed E-state index contributed by atoms with van der Waals surface area (Å²) < 4.78 is 9.69. The summed E-state index contributed by atoms with van der Waals surface area (Å²) in [7, 11) is 3.27. The first-order valence-electron chi connectivity index (χ1n) is 3.53. The molecule has 1 atom stereocenters. The molecule has 1 unspecified atom stereocenters. The number of likely N-dealkylation sites (N-methyl/N-ethyl adjacent to an activating group) is 1. The van der Waals surface area contributed by atoms with Gasteiger partial charge in [-0.3, -0.25) is 4.79 Å². The molecule has 0 aliphatic rings. The molecule has 4 heteroatoms. The number of carbonyl (C=O) groups excluding carboxylic acids is 1. The highest BCUT2D eigenvalue weighted by Crippen LogP contribution is 1.90. The average molecular weight is 161 g/mol. The summed E-state index contributed by atoms with van der Waals surface area (Å²) in [4.78, 5) is 10.8. The van der Waals surface area contributed by atoms with Gasteiger partial charge in [-0.25, -0.2) is 0 Å². The molecule has 0 saturated heterocycles. The van der Waals surface area contributed by atoms with Crippen molar-refractivity contribution in [3.8, 4) is 0 Å². The predicted octanol–water partition coefficient (Wildman–Crippen LogP) is -0.216. The van der Waals surface area contributed by atoms with E-state index in [1.807, 2.05) is 0 Å². The van der Waals surface area contributed by atoms with Gasteiger partial charge in [0.25, 0.3) is 0 Å². The number of rotatable bonds is 5. The van der Waals surface area contributed by atoms with Crippen LogP contribution in [0.2, 0.25) is 0 Å². The van der Waals surface area contributed by atoms with Crippen LogP contribution >= 0.6 is 0 Å². The zero-order valence-electron chi connectivity index (χ0n) is 7.22. The maximum absolute atomic E-state index is 10.8. The van der Waals surface area contributed by atoms with E-state index in [4.69, 9.17) is 9.47 Å². The Kier molecular flexibility index (Phi) is 5.78. The lowest BCUT2D eigenvalue weighted by Crippen LogP contribution is -2.26. The number of hydrogen-bond donors (Lipinski definition) is 1. The van der Waals surface area contributed by atoms with E-state index in [-0.39, 0.29) is 18.6 Å². The summed E-state index contributed by atoms with van der Waals surface area (Å²) in [6.45, 7) is 2.47. The van der Waals surface area contributed by atoms with Gasteiger partial charge >= 0.3 is 5.97 Å². The number of methoxy groups -OCH3 is 1. The topological polar surface area (TPSA) is 47.6 Å². The van der Waals surface area contributed by atoms with E-state index >= 15 is 0 Å². The Morgan fingerprint density at radius 2 is 2.27 bits per heavy atom. The first-order valence-corrected chi connectivity index (χ1v) is 3.53. The molecule has 0 spiro atoms. The summed E-state index contributed by atoms with van der Waals surface area (Å²) in [6.07, 6.45) is -0.166. The largest absolute Gasteiger partial charge is 0.459 e. The van der Waals surface area contributed by atoms with Crippen LogP contribution in [0.3, 0.4) is 0 Å². The second-order valence-electron chi connectivity index (χ2n) is 2.29. The van der Waals surface area contributed by atoms with E-state index < -0.39 is 0 Å². The summed E-state index contributed by atoms with van der Waals surface area (Å²) in [5.41, 5.74) is 0. The van der Waals surface area contributed by atoms with Crippen LogP contribution in [0.5, 0.6) is 0 Å². The summed E-state index contributed by atoms with van der Waals surface area (Å²) in [6, 6.07) is 0. The Bertz CT molecular complexity index is 116. The molecule has 0 aromatic rings. The van der Waals surface area contributed by atoms with Crippen LogP contribution < -0.4 is 5.32 Å². The summed E-state index contributed by atoms with van der Waals surface area (Å²) in [5.74, 6) is -0.253. The maximum atomic E-state index is 10.8. The molecule has 4 nitrogen and oxygen atoms in total. The average Bonchev–Trinajstić information content (AvgIpc) is 1.87. The summed E-state index contributed by atoms with van der Waals surface area (Å²) >= 11 is 0. The highest BCUT2D eigenvalue weighted by Gasteiger charge is 2.06. The minimum atomic E-state index is -0.253. The molecule has 11 heavy (non-hydrogen) atoms. The third-order valence-corrected chi connectivity index (χ3v) is 1.06. The van der Waals surface area contributed by atoms with Crippen molar-refractivity contribution in [1.29, 1.82) is 0 Å². The molecule has 0 aliphatic carbocycles. The fraction of sp³-hybridized carbons (Fsp3) is 0.857. The minimum Gasteiger partial charge on any atom is -0.459 e. The van der Waals surface area contributed by atoms with Gasteiger partial charge in [-0.2, -0.15) is 0 Å². The fourth-order valence-electron chi connectivity index (χ4n) is 0.679. The molecule has 0 fully saturated rings.